The number of hydrogen-bond donors (Lipinski definition) is 2. The van der Waals surface area contributed by atoms with E-state index in [2.05, 4.69) is 4.98 Å². The van der Waals surface area contributed by atoms with Gasteiger partial charge in [0.05, 0.1) is 5.92 Å². The predicted molar refractivity (Wildman–Crippen MR) is 61.4 cm³/mol. The predicted octanol–water partition coefficient (Wildman–Crippen LogP) is 2.50. The van der Waals surface area contributed by atoms with Crippen LogP contribution in [-0.2, 0) is 17.6 Å². The third-order valence-electron chi connectivity index (χ3n) is 3.50. The first-order chi connectivity index (χ1) is 8.15. The summed E-state index contributed by atoms with van der Waals surface area (Å²) >= 11 is 0. The highest BCUT2D eigenvalue weighted by molar-refractivity contribution is 5.86. The molecule has 0 amide bonds. The molecular weight excluding hydrogens is 221 g/mol. The molecule has 0 spiro atoms. The number of carboxylic acid groups (broad SMARTS) is 1. The van der Waals surface area contributed by atoms with Gasteiger partial charge in [-0.25, -0.2) is 4.39 Å². The lowest BCUT2D eigenvalue weighted by Crippen LogP contribution is -2.21. The minimum atomic E-state index is -0.763. The van der Waals surface area contributed by atoms with Crippen LogP contribution in [0.1, 0.15) is 17.7 Å². The van der Waals surface area contributed by atoms with Gasteiger partial charge in [0.1, 0.15) is 5.82 Å². The number of hydrogen-bond acceptors (Lipinski definition) is 1. The van der Waals surface area contributed by atoms with Crippen molar-refractivity contribution >= 4 is 16.9 Å². The number of carboxylic acids is 1. The molecule has 4 heteroatoms. The minimum Gasteiger partial charge on any atom is -0.481 e. The fourth-order valence-corrected chi connectivity index (χ4v) is 2.60. The van der Waals surface area contributed by atoms with Gasteiger partial charge < -0.3 is 10.1 Å². The zero-order valence-corrected chi connectivity index (χ0v) is 9.16. The summed E-state index contributed by atoms with van der Waals surface area (Å²) in [5, 5.41) is 9.87. The molecule has 0 unspecified atom stereocenters. The summed E-state index contributed by atoms with van der Waals surface area (Å²) in [7, 11) is 0. The molecule has 2 aromatic rings. The number of aromatic nitrogens is 1. The van der Waals surface area contributed by atoms with Gasteiger partial charge in [-0.3, -0.25) is 4.79 Å². The van der Waals surface area contributed by atoms with E-state index in [0.717, 1.165) is 28.6 Å². The van der Waals surface area contributed by atoms with Gasteiger partial charge in [0.2, 0.25) is 0 Å². The van der Waals surface area contributed by atoms with E-state index >= 15 is 0 Å². The minimum absolute atomic E-state index is 0.281. The van der Waals surface area contributed by atoms with Gasteiger partial charge in [0, 0.05) is 16.6 Å². The Morgan fingerprint density at radius 1 is 1.47 bits per heavy atom. The summed E-state index contributed by atoms with van der Waals surface area (Å²) in [4.78, 5) is 14.2. The zero-order valence-electron chi connectivity index (χ0n) is 9.16. The Morgan fingerprint density at radius 2 is 2.29 bits per heavy atom. The van der Waals surface area contributed by atoms with Crippen LogP contribution in [0.5, 0.6) is 0 Å². The number of aliphatic carboxylic acids is 1. The molecule has 2 N–H and O–H groups in total. The van der Waals surface area contributed by atoms with E-state index in [9.17, 15) is 9.18 Å². The summed E-state index contributed by atoms with van der Waals surface area (Å²) in [5.74, 6) is -1.39. The van der Waals surface area contributed by atoms with Crippen molar-refractivity contribution in [2.24, 2.45) is 5.92 Å². The van der Waals surface area contributed by atoms with Crippen LogP contribution in [0.3, 0.4) is 0 Å². The molecule has 0 saturated heterocycles. The highest BCUT2D eigenvalue weighted by Crippen LogP contribution is 2.32. The van der Waals surface area contributed by atoms with Gasteiger partial charge in [0.25, 0.3) is 0 Å². The number of halogens is 1. The molecule has 3 rings (SSSR count). The van der Waals surface area contributed by atoms with Crippen molar-refractivity contribution in [3.63, 3.8) is 0 Å². The van der Waals surface area contributed by atoms with Crippen LogP contribution in [0.4, 0.5) is 4.39 Å². The van der Waals surface area contributed by atoms with Crippen LogP contribution in [0.25, 0.3) is 10.9 Å². The Labute approximate surface area is 97.3 Å². The molecule has 17 heavy (non-hydrogen) atoms. The molecule has 0 fully saturated rings. The molecule has 1 aliphatic rings. The molecule has 1 aromatic carbocycles. The summed E-state index contributed by atoms with van der Waals surface area (Å²) in [6.45, 7) is 0. The normalized spacial score (nSPS) is 19.2. The molecule has 3 nitrogen and oxygen atoms in total. The molecular formula is C13H12FNO2. The van der Waals surface area contributed by atoms with Crippen molar-refractivity contribution in [1.29, 1.82) is 0 Å². The second-order valence-corrected chi connectivity index (χ2v) is 4.55. The molecule has 0 bridgehead atoms. The van der Waals surface area contributed by atoms with Crippen LogP contribution >= 0.6 is 0 Å². The Kier molecular flexibility index (Phi) is 2.18. The first-order valence-electron chi connectivity index (χ1n) is 5.67. The third-order valence-corrected chi connectivity index (χ3v) is 3.50. The average Bonchev–Trinajstić information content (AvgIpc) is 2.66. The lowest BCUT2D eigenvalue weighted by atomic mass is 9.86. The standard InChI is InChI=1S/C13H12FNO2/c14-8-2-4-12-10(6-8)9-5-7(13(16)17)1-3-11(9)15-12/h2,4,6-7,15H,1,3,5H2,(H,16,17)/t7-/m0/s1. The fraction of sp³-hybridized carbons (Fsp3) is 0.308. The van der Waals surface area contributed by atoms with Crippen LogP contribution in [0.15, 0.2) is 18.2 Å². The van der Waals surface area contributed by atoms with E-state index in [1.807, 2.05) is 0 Å². The summed E-state index contributed by atoms with van der Waals surface area (Å²) in [6, 6.07) is 4.60. The summed E-state index contributed by atoms with van der Waals surface area (Å²) < 4.78 is 13.2. The monoisotopic (exact) mass is 233 g/mol. The van der Waals surface area contributed by atoms with E-state index in [-0.39, 0.29) is 11.7 Å². The Morgan fingerprint density at radius 3 is 3.06 bits per heavy atom. The van der Waals surface area contributed by atoms with Crippen molar-refractivity contribution in [1.82, 2.24) is 4.98 Å². The van der Waals surface area contributed by atoms with Crippen molar-refractivity contribution in [3.8, 4) is 0 Å². The Hall–Kier alpha value is -1.84. The number of rotatable bonds is 1. The highest BCUT2D eigenvalue weighted by Gasteiger charge is 2.26. The topological polar surface area (TPSA) is 53.1 Å². The van der Waals surface area contributed by atoms with E-state index in [1.54, 1.807) is 6.07 Å². The molecule has 1 atom stereocenters. The zero-order chi connectivity index (χ0) is 12.0. The Bertz CT molecular complexity index is 603. The van der Waals surface area contributed by atoms with Gasteiger partial charge in [-0.05, 0) is 43.0 Å². The molecule has 1 aromatic heterocycles. The lowest BCUT2D eigenvalue weighted by molar-refractivity contribution is -0.142. The maximum atomic E-state index is 13.2. The second kappa shape index (κ2) is 3.58. The first-order valence-corrected chi connectivity index (χ1v) is 5.67. The van der Waals surface area contributed by atoms with Crippen molar-refractivity contribution in [3.05, 3.63) is 35.3 Å². The number of nitrogens with one attached hydrogen (secondary N) is 1. The quantitative estimate of drug-likeness (QED) is 0.795. The second-order valence-electron chi connectivity index (χ2n) is 4.55. The van der Waals surface area contributed by atoms with Gasteiger partial charge in [-0.1, -0.05) is 0 Å². The maximum absolute atomic E-state index is 13.2. The Balaban J connectivity index is 2.13. The van der Waals surface area contributed by atoms with Gasteiger partial charge in [-0.15, -0.1) is 0 Å². The number of aryl methyl sites for hydroxylation is 1. The number of aromatic amines is 1. The van der Waals surface area contributed by atoms with Crippen LogP contribution < -0.4 is 0 Å². The number of H-pyrrole nitrogens is 1. The molecule has 1 heterocycles. The smallest absolute Gasteiger partial charge is 0.306 e. The fourth-order valence-electron chi connectivity index (χ4n) is 2.60. The number of carbonyl (C=O) groups is 1. The van der Waals surface area contributed by atoms with Gasteiger partial charge in [-0.2, -0.15) is 0 Å². The highest BCUT2D eigenvalue weighted by atomic mass is 19.1. The summed E-state index contributed by atoms with van der Waals surface area (Å²) in [5.41, 5.74) is 2.92. The van der Waals surface area contributed by atoms with Crippen molar-refractivity contribution in [2.75, 3.05) is 0 Å². The van der Waals surface area contributed by atoms with E-state index < -0.39 is 5.97 Å². The van der Waals surface area contributed by atoms with E-state index in [0.29, 0.717) is 12.8 Å². The molecule has 0 aliphatic heterocycles. The van der Waals surface area contributed by atoms with E-state index in [4.69, 9.17) is 5.11 Å². The van der Waals surface area contributed by atoms with Crippen LogP contribution in [-0.4, -0.2) is 16.1 Å². The van der Waals surface area contributed by atoms with Crippen molar-refractivity contribution in [2.45, 2.75) is 19.3 Å². The van der Waals surface area contributed by atoms with Crippen LogP contribution in [0.2, 0.25) is 0 Å². The molecule has 0 saturated carbocycles. The maximum Gasteiger partial charge on any atom is 0.306 e. The molecule has 88 valence electrons. The molecule has 0 radical (unpaired) electrons. The third kappa shape index (κ3) is 1.60. The summed E-state index contributed by atoms with van der Waals surface area (Å²) in [6.07, 6.45) is 1.87. The first kappa shape index (κ1) is 10.3. The van der Waals surface area contributed by atoms with Crippen LogP contribution in [0, 0.1) is 11.7 Å². The van der Waals surface area contributed by atoms with E-state index in [1.165, 1.54) is 12.1 Å². The van der Waals surface area contributed by atoms with Crippen molar-refractivity contribution < 1.29 is 14.3 Å². The lowest BCUT2D eigenvalue weighted by Gasteiger charge is -2.18. The average molecular weight is 233 g/mol. The SMILES string of the molecule is O=C(O)[C@H]1CCc2[nH]c3ccc(F)cc3c2C1. The number of benzene rings is 1. The van der Waals surface area contributed by atoms with Gasteiger partial charge in [0.15, 0.2) is 0 Å². The van der Waals surface area contributed by atoms with Gasteiger partial charge >= 0.3 is 5.97 Å². The largest absolute Gasteiger partial charge is 0.481 e. The number of fused-ring (bicyclic) bond motifs is 3. The molecule has 1 aliphatic carbocycles.